The largest absolute Gasteiger partial charge is 0.423 e. The lowest BCUT2D eigenvalue weighted by Gasteiger charge is -2.26. The highest BCUT2D eigenvalue weighted by molar-refractivity contribution is 6.20. The first-order chi connectivity index (χ1) is 5.02. The van der Waals surface area contributed by atoms with Crippen molar-refractivity contribution in [3.05, 3.63) is 0 Å². The molecule has 0 aromatic rings. The van der Waals surface area contributed by atoms with Crippen LogP contribution in [0.25, 0.3) is 0 Å². The summed E-state index contributed by atoms with van der Waals surface area (Å²) in [4.78, 5) is 0. The molecule has 0 rings (SSSR count). The first-order valence-corrected chi connectivity index (χ1v) is 5.46. The van der Waals surface area contributed by atoms with Gasteiger partial charge in [-0.2, -0.15) is 0 Å². The third-order valence-corrected chi connectivity index (χ3v) is 3.35. The number of halogens is 1. The van der Waals surface area contributed by atoms with Gasteiger partial charge in [-0.3, -0.25) is 0 Å². The molecule has 0 aliphatic heterocycles. The molecule has 0 amide bonds. The molecule has 1 unspecified atom stereocenters. The van der Waals surface area contributed by atoms with Gasteiger partial charge in [-0.25, -0.2) is 0 Å². The second-order valence-electron chi connectivity index (χ2n) is 3.55. The quantitative estimate of drug-likeness (QED) is 0.480. The Bertz CT molecular complexity index is 106. The van der Waals surface area contributed by atoms with Crippen LogP contribution in [0.4, 0.5) is 0 Å². The SMILES string of the molecule is CCCC(Cl)CC(C)(C)O[SiH3]. The predicted molar refractivity (Wildman–Crippen MR) is 54.3 cm³/mol. The maximum atomic E-state index is 6.08. The Morgan fingerprint density at radius 3 is 2.45 bits per heavy atom. The van der Waals surface area contributed by atoms with Gasteiger partial charge in [0.1, 0.15) is 10.5 Å². The molecule has 11 heavy (non-hydrogen) atoms. The maximum absolute atomic E-state index is 6.08. The smallest absolute Gasteiger partial charge is 0.146 e. The van der Waals surface area contributed by atoms with Crippen LogP contribution in [-0.2, 0) is 4.43 Å². The van der Waals surface area contributed by atoms with E-state index in [0.717, 1.165) is 29.7 Å². The van der Waals surface area contributed by atoms with Gasteiger partial charge in [0, 0.05) is 5.38 Å². The molecule has 0 N–H and O–H groups in total. The molecule has 0 aliphatic carbocycles. The van der Waals surface area contributed by atoms with Crippen LogP contribution in [0.5, 0.6) is 0 Å². The average molecular weight is 195 g/mol. The molecular formula is C8H19ClOSi. The van der Waals surface area contributed by atoms with E-state index in [1.807, 2.05) is 0 Å². The zero-order chi connectivity index (χ0) is 8.91. The van der Waals surface area contributed by atoms with Crippen molar-refractivity contribution in [2.24, 2.45) is 0 Å². The molecule has 0 saturated carbocycles. The summed E-state index contributed by atoms with van der Waals surface area (Å²) in [6, 6.07) is 0. The molecule has 1 atom stereocenters. The second kappa shape index (κ2) is 5.17. The van der Waals surface area contributed by atoms with E-state index in [2.05, 4.69) is 20.8 Å². The van der Waals surface area contributed by atoms with Crippen molar-refractivity contribution in [3.63, 3.8) is 0 Å². The monoisotopic (exact) mass is 194 g/mol. The van der Waals surface area contributed by atoms with E-state index in [-0.39, 0.29) is 11.0 Å². The molecule has 1 nitrogen and oxygen atoms in total. The highest BCUT2D eigenvalue weighted by Gasteiger charge is 2.19. The summed E-state index contributed by atoms with van der Waals surface area (Å²) in [7, 11) is 0.798. The Labute approximate surface area is 78.0 Å². The molecule has 0 saturated heterocycles. The fourth-order valence-corrected chi connectivity index (χ4v) is 1.79. The minimum Gasteiger partial charge on any atom is -0.423 e. The van der Waals surface area contributed by atoms with Crippen molar-refractivity contribution in [2.45, 2.75) is 51.0 Å². The van der Waals surface area contributed by atoms with Crippen LogP contribution in [0.3, 0.4) is 0 Å². The van der Waals surface area contributed by atoms with Crippen LogP contribution in [0.15, 0.2) is 0 Å². The molecule has 0 heterocycles. The minimum atomic E-state index is -0.00614. The van der Waals surface area contributed by atoms with Gasteiger partial charge in [0.15, 0.2) is 0 Å². The lowest BCUT2D eigenvalue weighted by molar-refractivity contribution is 0.111. The summed E-state index contributed by atoms with van der Waals surface area (Å²) in [5, 5.41) is 0.281. The molecule has 0 fully saturated rings. The van der Waals surface area contributed by atoms with Gasteiger partial charge >= 0.3 is 0 Å². The lowest BCUT2D eigenvalue weighted by atomic mass is 10.0. The maximum Gasteiger partial charge on any atom is 0.146 e. The van der Waals surface area contributed by atoms with Gasteiger partial charge < -0.3 is 4.43 Å². The minimum absolute atomic E-state index is 0.00614. The van der Waals surface area contributed by atoms with E-state index >= 15 is 0 Å². The molecule has 0 aliphatic rings. The van der Waals surface area contributed by atoms with Gasteiger partial charge in [-0.15, -0.1) is 11.6 Å². The fraction of sp³-hybridized carbons (Fsp3) is 1.00. The highest BCUT2D eigenvalue weighted by Crippen LogP contribution is 2.21. The van der Waals surface area contributed by atoms with Crippen molar-refractivity contribution >= 4 is 22.1 Å². The van der Waals surface area contributed by atoms with Gasteiger partial charge in [-0.1, -0.05) is 13.3 Å². The molecule has 0 aromatic carbocycles. The second-order valence-corrected chi connectivity index (χ2v) is 4.58. The van der Waals surface area contributed by atoms with Crippen LogP contribution >= 0.6 is 11.6 Å². The third-order valence-electron chi connectivity index (χ3n) is 1.87. The van der Waals surface area contributed by atoms with Gasteiger partial charge in [0.2, 0.25) is 0 Å². The third kappa shape index (κ3) is 5.71. The van der Waals surface area contributed by atoms with Crippen molar-refractivity contribution < 1.29 is 4.43 Å². The summed E-state index contributed by atoms with van der Waals surface area (Å²) in [5.74, 6) is 0. The van der Waals surface area contributed by atoms with E-state index < -0.39 is 0 Å². The Morgan fingerprint density at radius 2 is 2.09 bits per heavy atom. The van der Waals surface area contributed by atoms with Gasteiger partial charge in [-0.05, 0) is 26.7 Å². The molecule has 68 valence electrons. The van der Waals surface area contributed by atoms with Crippen molar-refractivity contribution in [3.8, 4) is 0 Å². The summed E-state index contributed by atoms with van der Waals surface area (Å²) < 4.78 is 5.41. The highest BCUT2D eigenvalue weighted by atomic mass is 35.5. The zero-order valence-electron chi connectivity index (χ0n) is 7.98. The van der Waals surface area contributed by atoms with Crippen molar-refractivity contribution in [1.29, 1.82) is 0 Å². The van der Waals surface area contributed by atoms with Crippen LogP contribution in [-0.4, -0.2) is 21.5 Å². The Morgan fingerprint density at radius 1 is 1.55 bits per heavy atom. The zero-order valence-corrected chi connectivity index (χ0v) is 10.7. The number of hydrogen-bond donors (Lipinski definition) is 0. The number of hydrogen-bond acceptors (Lipinski definition) is 1. The van der Waals surface area contributed by atoms with E-state index in [1.165, 1.54) is 0 Å². The standard InChI is InChI=1S/C8H19ClOSi/c1-4-5-7(9)6-8(2,3)10-11/h7H,4-6H2,1-3,11H3. The summed E-state index contributed by atoms with van der Waals surface area (Å²) in [6.45, 7) is 6.36. The van der Waals surface area contributed by atoms with Crippen LogP contribution in [0.1, 0.15) is 40.0 Å². The molecule has 0 radical (unpaired) electrons. The van der Waals surface area contributed by atoms with Crippen LogP contribution < -0.4 is 0 Å². The number of alkyl halides is 1. The first-order valence-electron chi connectivity index (χ1n) is 4.21. The molecule has 0 aromatic heterocycles. The normalized spacial score (nSPS) is 15.3. The van der Waals surface area contributed by atoms with Crippen LogP contribution in [0.2, 0.25) is 0 Å². The molecule has 0 bridgehead atoms. The van der Waals surface area contributed by atoms with E-state index in [9.17, 15) is 0 Å². The average Bonchev–Trinajstić information content (AvgIpc) is 1.87. The van der Waals surface area contributed by atoms with E-state index in [0.29, 0.717) is 0 Å². The van der Waals surface area contributed by atoms with E-state index in [4.69, 9.17) is 16.0 Å². The van der Waals surface area contributed by atoms with Gasteiger partial charge in [0.25, 0.3) is 0 Å². The Balaban J connectivity index is 3.64. The van der Waals surface area contributed by atoms with Crippen molar-refractivity contribution in [2.75, 3.05) is 0 Å². The number of rotatable bonds is 5. The summed E-state index contributed by atoms with van der Waals surface area (Å²) in [5.41, 5.74) is -0.00614. The summed E-state index contributed by atoms with van der Waals surface area (Å²) in [6.07, 6.45) is 3.22. The molecule has 3 heteroatoms. The van der Waals surface area contributed by atoms with E-state index in [1.54, 1.807) is 0 Å². The Hall–Kier alpha value is 0.467. The molecular weight excluding hydrogens is 176 g/mol. The Kier molecular flexibility index (Phi) is 5.39. The summed E-state index contributed by atoms with van der Waals surface area (Å²) >= 11 is 6.08. The lowest BCUT2D eigenvalue weighted by Crippen LogP contribution is -2.27. The topological polar surface area (TPSA) is 9.23 Å². The van der Waals surface area contributed by atoms with Crippen molar-refractivity contribution in [1.82, 2.24) is 0 Å². The fourth-order valence-electron chi connectivity index (χ4n) is 1.03. The van der Waals surface area contributed by atoms with Gasteiger partial charge in [0.05, 0.1) is 5.60 Å². The van der Waals surface area contributed by atoms with Crippen LogP contribution in [0, 0.1) is 0 Å². The predicted octanol–water partition coefficient (Wildman–Crippen LogP) is 1.86. The first kappa shape index (κ1) is 11.5. The molecule has 0 spiro atoms.